The summed E-state index contributed by atoms with van der Waals surface area (Å²) in [5.41, 5.74) is 2.14. The maximum atomic E-state index is 13.0. The van der Waals surface area contributed by atoms with Gasteiger partial charge in [-0.2, -0.15) is 0 Å². The van der Waals surface area contributed by atoms with Crippen LogP contribution in [0.1, 0.15) is 49.8 Å². The van der Waals surface area contributed by atoms with Gasteiger partial charge in [0.15, 0.2) is 11.5 Å². The first kappa shape index (κ1) is 34.9. The van der Waals surface area contributed by atoms with Crippen LogP contribution in [-0.2, 0) is 27.4 Å². The van der Waals surface area contributed by atoms with Crippen molar-refractivity contribution in [1.82, 2.24) is 4.90 Å². The van der Waals surface area contributed by atoms with Gasteiger partial charge >= 0.3 is 6.09 Å². The second kappa shape index (κ2) is 16.5. The number of carbonyl (C=O) groups is 1. The van der Waals surface area contributed by atoms with Crippen molar-refractivity contribution in [2.24, 2.45) is 0 Å². The molecule has 1 aliphatic heterocycles. The molecule has 0 saturated carbocycles. The van der Waals surface area contributed by atoms with Crippen molar-refractivity contribution < 1.29 is 43.1 Å². The summed E-state index contributed by atoms with van der Waals surface area (Å²) in [6.45, 7) is 7.67. The molecule has 0 spiro atoms. The lowest BCUT2D eigenvalue weighted by molar-refractivity contribution is -0.0756. The Morgan fingerprint density at radius 3 is 2.13 bits per heavy atom. The second-order valence-corrected chi connectivity index (χ2v) is 12.2. The summed E-state index contributed by atoms with van der Waals surface area (Å²) in [5, 5.41) is 11.4. The molecule has 10 nitrogen and oxygen atoms in total. The molecule has 1 amide bonds. The third-order valence-electron chi connectivity index (χ3n) is 7.54. The molecular formula is C36H47NO9. The molecule has 46 heavy (non-hydrogen) atoms. The van der Waals surface area contributed by atoms with E-state index < -0.39 is 29.8 Å². The number of hydrogen-bond donors (Lipinski definition) is 1. The number of ether oxygens (including phenoxy) is 7. The third-order valence-corrected chi connectivity index (χ3v) is 7.54. The topological polar surface area (TPSA) is 105 Å². The van der Waals surface area contributed by atoms with Gasteiger partial charge in [0.05, 0.1) is 73.1 Å². The Morgan fingerprint density at radius 2 is 1.52 bits per heavy atom. The number of methoxy groups -OCH3 is 3. The molecule has 1 N–H and O–H groups in total. The van der Waals surface area contributed by atoms with Gasteiger partial charge in [-0.1, -0.05) is 42.5 Å². The number of piperidine rings is 1. The monoisotopic (exact) mass is 637 g/mol. The van der Waals surface area contributed by atoms with Gasteiger partial charge in [-0.05, 0) is 61.7 Å². The molecule has 3 aromatic carbocycles. The number of amides is 1. The Morgan fingerprint density at radius 1 is 0.848 bits per heavy atom. The molecule has 0 aromatic heterocycles. The molecule has 0 radical (unpaired) electrons. The van der Waals surface area contributed by atoms with Gasteiger partial charge in [-0.15, -0.1) is 0 Å². The molecule has 1 heterocycles. The van der Waals surface area contributed by atoms with Crippen molar-refractivity contribution >= 4 is 6.09 Å². The largest absolute Gasteiger partial charge is 0.494 e. The Balaban J connectivity index is 1.43. The van der Waals surface area contributed by atoms with Crippen molar-refractivity contribution in [2.75, 3.05) is 47.6 Å². The summed E-state index contributed by atoms with van der Waals surface area (Å²) in [6, 6.07) is 21.4. The highest BCUT2D eigenvalue weighted by Gasteiger charge is 2.40. The highest BCUT2D eigenvalue weighted by Crippen LogP contribution is 2.39. The summed E-state index contributed by atoms with van der Waals surface area (Å²) in [7, 11) is 4.66. The van der Waals surface area contributed by atoms with E-state index in [9.17, 15) is 9.90 Å². The number of hydrogen-bond acceptors (Lipinski definition) is 9. The van der Waals surface area contributed by atoms with Crippen LogP contribution in [-0.4, -0.2) is 81.5 Å². The molecule has 3 aromatic rings. The van der Waals surface area contributed by atoms with Crippen LogP contribution in [0, 0.1) is 0 Å². The summed E-state index contributed by atoms with van der Waals surface area (Å²) in [4.78, 5) is 14.5. The molecule has 3 atom stereocenters. The maximum Gasteiger partial charge on any atom is 0.410 e. The number of aliphatic hydroxyl groups excluding tert-OH is 1. The van der Waals surface area contributed by atoms with Crippen LogP contribution in [0.5, 0.6) is 23.0 Å². The predicted octanol–water partition coefficient (Wildman–Crippen LogP) is 5.98. The van der Waals surface area contributed by atoms with Crippen LogP contribution in [0.3, 0.4) is 0 Å². The predicted molar refractivity (Wildman–Crippen MR) is 174 cm³/mol. The molecular weight excluding hydrogens is 590 g/mol. The van der Waals surface area contributed by atoms with E-state index in [1.54, 1.807) is 21.3 Å². The zero-order valence-electron chi connectivity index (χ0n) is 27.7. The Kier molecular flexibility index (Phi) is 12.5. The van der Waals surface area contributed by atoms with Gasteiger partial charge in [-0.3, -0.25) is 0 Å². The maximum absolute atomic E-state index is 13.0. The SMILES string of the molecule is COc1cc(COC2CN(C(=O)OC(C)(C)C)CC(O)C2c2ccc(OCCCOCc3ccccc3)cc2)cc(OC)c1OC. The number of nitrogens with zero attached hydrogens (tertiary/aromatic N) is 1. The fourth-order valence-corrected chi connectivity index (χ4v) is 5.38. The van der Waals surface area contributed by atoms with Gasteiger partial charge in [0.2, 0.25) is 5.75 Å². The smallest absolute Gasteiger partial charge is 0.410 e. The highest BCUT2D eigenvalue weighted by atomic mass is 16.6. The summed E-state index contributed by atoms with van der Waals surface area (Å²) in [5.74, 6) is 1.82. The zero-order valence-corrected chi connectivity index (χ0v) is 27.7. The van der Waals surface area contributed by atoms with Gasteiger partial charge in [0, 0.05) is 12.3 Å². The summed E-state index contributed by atoms with van der Waals surface area (Å²) >= 11 is 0. The molecule has 3 unspecified atom stereocenters. The van der Waals surface area contributed by atoms with Crippen LogP contribution < -0.4 is 18.9 Å². The molecule has 4 rings (SSSR count). The standard InChI is InChI=1S/C36H47NO9/c1-36(2,3)46-35(39)37-21-29(38)33(32(22-37)45-24-26-19-30(40-4)34(42-6)31(20-26)41-5)27-13-15-28(16-14-27)44-18-10-17-43-23-25-11-8-7-9-12-25/h7-9,11-16,19-20,29,32-33,38H,10,17-18,21-24H2,1-6H3. The van der Waals surface area contributed by atoms with Crippen LogP contribution in [0.2, 0.25) is 0 Å². The molecule has 1 saturated heterocycles. The van der Waals surface area contributed by atoms with Crippen molar-refractivity contribution in [3.05, 3.63) is 83.4 Å². The Bertz CT molecular complexity index is 1350. The van der Waals surface area contributed by atoms with E-state index in [-0.39, 0.29) is 19.7 Å². The number of rotatable bonds is 14. The fraction of sp³-hybridized carbons (Fsp3) is 0.472. The second-order valence-electron chi connectivity index (χ2n) is 12.2. The van der Waals surface area contributed by atoms with Gasteiger partial charge in [0.25, 0.3) is 0 Å². The first-order chi connectivity index (χ1) is 22.1. The average Bonchev–Trinajstić information content (AvgIpc) is 3.04. The third kappa shape index (κ3) is 9.75. The molecule has 1 aliphatic rings. The molecule has 0 aliphatic carbocycles. The molecule has 250 valence electrons. The highest BCUT2D eigenvalue weighted by molar-refractivity contribution is 5.68. The molecule has 10 heteroatoms. The lowest BCUT2D eigenvalue weighted by Gasteiger charge is -2.42. The quantitative estimate of drug-likeness (QED) is 0.214. The average molecular weight is 638 g/mol. The van der Waals surface area contributed by atoms with E-state index in [2.05, 4.69) is 0 Å². The minimum Gasteiger partial charge on any atom is -0.494 e. The van der Waals surface area contributed by atoms with Crippen LogP contribution in [0.25, 0.3) is 0 Å². The van der Waals surface area contributed by atoms with Gasteiger partial charge < -0.3 is 43.2 Å². The minimum absolute atomic E-state index is 0.116. The van der Waals surface area contributed by atoms with Crippen LogP contribution >= 0.6 is 0 Å². The van der Waals surface area contributed by atoms with E-state index in [0.717, 1.165) is 28.9 Å². The zero-order chi connectivity index (χ0) is 33.1. The Hall–Kier alpha value is -3.99. The first-order valence-corrected chi connectivity index (χ1v) is 15.5. The summed E-state index contributed by atoms with van der Waals surface area (Å²) in [6.07, 6.45) is -1.17. The van der Waals surface area contributed by atoms with E-state index in [4.69, 9.17) is 33.2 Å². The number of β-amino-alcohol motifs (C(OH)–C–C–N with tert-alkyl or cyclic N) is 1. The van der Waals surface area contributed by atoms with Crippen LogP contribution in [0.4, 0.5) is 4.79 Å². The summed E-state index contributed by atoms with van der Waals surface area (Å²) < 4.78 is 40.2. The number of carbonyl (C=O) groups excluding carboxylic acids is 1. The van der Waals surface area contributed by atoms with Crippen molar-refractivity contribution in [2.45, 2.75) is 64.1 Å². The number of aliphatic hydroxyl groups is 1. The van der Waals surface area contributed by atoms with Crippen molar-refractivity contribution in [3.63, 3.8) is 0 Å². The van der Waals surface area contributed by atoms with E-state index in [1.165, 1.54) is 4.90 Å². The van der Waals surface area contributed by atoms with Crippen molar-refractivity contribution in [3.8, 4) is 23.0 Å². The fourth-order valence-electron chi connectivity index (χ4n) is 5.38. The van der Waals surface area contributed by atoms with E-state index in [0.29, 0.717) is 37.1 Å². The van der Waals surface area contributed by atoms with Crippen molar-refractivity contribution in [1.29, 1.82) is 0 Å². The van der Waals surface area contributed by atoms with E-state index in [1.807, 2.05) is 87.5 Å². The van der Waals surface area contributed by atoms with Gasteiger partial charge in [0.1, 0.15) is 11.4 Å². The van der Waals surface area contributed by atoms with Gasteiger partial charge in [-0.25, -0.2) is 4.79 Å². The minimum atomic E-state index is -0.889. The first-order valence-electron chi connectivity index (χ1n) is 15.5. The Labute approximate surface area is 272 Å². The lowest BCUT2D eigenvalue weighted by atomic mass is 9.84. The van der Waals surface area contributed by atoms with Crippen LogP contribution in [0.15, 0.2) is 66.7 Å². The normalized spacial score (nSPS) is 18.2. The number of benzene rings is 3. The number of likely N-dealkylation sites (tertiary alicyclic amines) is 1. The van der Waals surface area contributed by atoms with E-state index >= 15 is 0 Å². The molecule has 1 fully saturated rings. The lowest BCUT2D eigenvalue weighted by Crippen LogP contribution is -2.54. The molecule has 0 bridgehead atoms.